The van der Waals surface area contributed by atoms with Gasteiger partial charge in [0.25, 0.3) is 11.8 Å². The molecule has 2 aliphatic heterocycles. The number of hydrogen-bond donors (Lipinski definition) is 1. The first-order valence-electron chi connectivity index (χ1n) is 16.1. The van der Waals surface area contributed by atoms with Gasteiger partial charge >= 0.3 is 0 Å². The normalized spacial score (nSPS) is 16.5. The van der Waals surface area contributed by atoms with Crippen LogP contribution in [0.2, 0.25) is 0 Å². The summed E-state index contributed by atoms with van der Waals surface area (Å²) in [4.78, 5) is 34.5. The molecule has 6 rings (SSSR count). The number of ether oxygens (including phenoxy) is 2. The van der Waals surface area contributed by atoms with Gasteiger partial charge in [0.1, 0.15) is 4.21 Å². The topological polar surface area (TPSA) is 108 Å². The summed E-state index contributed by atoms with van der Waals surface area (Å²) in [6.45, 7) is 5.41. The van der Waals surface area contributed by atoms with Crippen molar-refractivity contribution < 1.29 is 27.5 Å². The summed E-state index contributed by atoms with van der Waals surface area (Å²) in [7, 11) is -0.630. The van der Waals surface area contributed by atoms with Crippen molar-refractivity contribution in [2.75, 3.05) is 51.8 Å². The second kappa shape index (κ2) is 15.0. The molecule has 2 aliphatic rings. The molecular formula is C36H39BrN4O6S2. The summed E-state index contributed by atoms with van der Waals surface area (Å²) in [5.41, 5.74) is 3.48. The molecule has 0 aliphatic carbocycles. The van der Waals surface area contributed by atoms with E-state index < -0.39 is 16.1 Å². The number of amides is 2. The number of imide groups is 1. The Bertz CT molecular complexity index is 1930. The van der Waals surface area contributed by atoms with Crippen LogP contribution in [0, 0.1) is 0 Å². The molecule has 1 unspecified atom stereocenters. The molecular weight excluding hydrogens is 728 g/mol. The molecule has 3 aromatic carbocycles. The molecule has 1 N–H and O–H groups in total. The van der Waals surface area contributed by atoms with Gasteiger partial charge in [-0.05, 0) is 83.2 Å². The van der Waals surface area contributed by atoms with Gasteiger partial charge in [-0.2, -0.15) is 0 Å². The zero-order valence-corrected chi connectivity index (χ0v) is 30.8. The first-order chi connectivity index (χ1) is 23.6. The van der Waals surface area contributed by atoms with Crippen molar-refractivity contribution in [1.29, 1.82) is 0 Å². The third-order valence-electron chi connectivity index (χ3n) is 9.27. The van der Waals surface area contributed by atoms with E-state index in [1.165, 1.54) is 17.6 Å². The maximum absolute atomic E-state index is 14.4. The highest BCUT2D eigenvalue weighted by molar-refractivity contribution is 9.11. The number of carbonyl (C=O) groups is 2. The predicted molar refractivity (Wildman–Crippen MR) is 194 cm³/mol. The van der Waals surface area contributed by atoms with E-state index in [2.05, 4.69) is 61.6 Å². The van der Waals surface area contributed by atoms with Gasteiger partial charge in [-0.1, -0.05) is 42.5 Å². The Morgan fingerprint density at radius 3 is 2.27 bits per heavy atom. The van der Waals surface area contributed by atoms with Crippen molar-refractivity contribution in [3.05, 3.63) is 105 Å². The number of benzene rings is 3. The standard InChI is InChI=1S/C36H39BrN4O6S2/c1-24(25-9-5-4-6-10-25)39-19-21-40(22-20-39)29-12-7-11-27-34(29)36(43)41(35(27)42)28(26-14-15-30(46-2)31(23-26)47-3)13-8-18-38-49(44,45)33-17-16-32(37)48-33/h4-7,9-12,14-17,23-24,28,38H,8,13,18-22H2,1-3H3/t24-,28?/m1/s1. The smallest absolute Gasteiger partial charge is 0.264 e. The Labute approximate surface area is 299 Å². The third kappa shape index (κ3) is 7.27. The van der Waals surface area contributed by atoms with E-state index >= 15 is 0 Å². The second-order valence-electron chi connectivity index (χ2n) is 12.0. The molecule has 4 aromatic rings. The van der Waals surface area contributed by atoms with Crippen LogP contribution in [0.1, 0.15) is 63.7 Å². The number of halogens is 1. The molecule has 1 aromatic heterocycles. The number of nitrogens with zero attached hydrogens (tertiary/aromatic N) is 3. The van der Waals surface area contributed by atoms with E-state index in [1.807, 2.05) is 24.3 Å². The number of carbonyl (C=O) groups excluding carboxylic acids is 2. The summed E-state index contributed by atoms with van der Waals surface area (Å²) in [6.07, 6.45) is 0.690. The number of sulfonamides is 1. The Morgan fingerprint density at radius 2 is 1.59 bits per heavy atom. The van der Waals surface area contributed by atoms with Crippen molar-refractivity contribution in [3.8, 4) is 11.5 Å². The van der Waals surface area contributed by atoms with E-state index in [0.29, 0.717) is 41.0 Å². The number of methoxy groups -OCH3 is 2. The second-order valence-corrected chi connectivity index (χ2v) is 16.5. The molecule has 1 saturated heterocycles. The number of fused-ring (bicyclic) bond motifs is 1. The number of rotatable bonds is 13. The molecule has 0 bridgehead atoms. The molecule has 49 heavy (non-hydrogen) atoms. The molecule has 10 nitrogen and oxygen atoms in total. The zero-order chi connectivity index (χ0) is 34.7. The lowest BCUT2D eigenvalue weighted by atomic mass is 9.99. The predicted octanol–water partition coefficient (Wildman–Crippen LogP) is 6.51. The highest BCUT2D eigenvalue weighted by atomic mass is 79.9. The Morgan fingerprint density at radius 1 is 0.857 bits per heavy atom. The van der Waals surface area contributed by atoms with Crippen molar-refractivity contribution in [3.63, 3.8) is 0 Å². The van der Waals surface area contributed by atoms with E-state index in [-0.39, 0.29) is 28.6 Å². The molecule has 0 saturated carbocycles. The number of nitrogens with one attached hydrogen (secondary N) is 1. The van der Waals surface area contributed by atoms with Crippen LogP contribution in [-0.2, 0) is 10.0 Å². The van der Waals surface area contributed by atoms with E-state index in [9.17, 15) is 18.0 Å². The maximum atomic E-state index is 14.4. The van der Waals surface area contributed by atoms with Gasteiger partial charge in [-0.15, -0.1) is 11.3 Å². The monoisotopic (exact) mass is 766 g/mol. The SMILES string of the molecule is COc1ccc(C(CCCNS(=O)(=O)c2ccc(Br)s2)N2C(=O)c3cccc(N4CCN([C@H](C)c5ccccc5)CC4)c3C2=O)cc1OC. The molecule has 1 fully saturated rings. The van der Waals surface area contributed by atoms with Gasteiger partial charge < -0.3 is 14.4 Å². The van der Waals surface area contributed by atoms with Gasteiger partial charge in [-0.3, -0.25) is 19.4 Å². The van der Waals surface area contributed by atoms with Gasteiger partial charge in [0, 0.05) is 38.8 Å². The van der Waals surface area contributed by atoms with Gasteiger partial charge in [0.15, 0.2) is 11.5 Å². The average molecular weight is 768 g/mol. The van der Waals surface area contributed by atoms with Crippen molar-refractivity contribution in [2.24, 2.45) is 0 Å². The van der Waals surface area contributed by atoms with Crippen LogP contribution in [0.3, 0.4) is 0 Å². The van der Waals surface area contributed by atoms with Crippen LogP contribution >= 0.6 is 27.3 Å². The van der Waals surface area contributed by atoms with Crippen LogP contribution < -0.4 is 19.1 Å². The van der Waals surface area contributed by atoms with E-state index in [1.54, 1.807) is 37.4 Å². The third-order valence-corrected chi connectivity index (χ3v) is 12.8. The first-order valence-corrected chi connectivity index (χ1v) is 19.2. The minimum absolute atomic E-state index is 0.127. The van der Waals surface area contributed by atoms with Crippen LogP contribution in [0.15, 0.2) is 86.9 Å². The number of anilines is 1. The summed E-state index contributed by atoms with van der Waals surface area (Å²) < 4.78 is 40.3. The molecule has 258 valence electrons. The van der Waals surface area contributed by atoms with E-state index in [4.69, 9.17) is 9.47 Å². The first kappa shape index (κ1) is 35.1. The molecule has 2 atom stereocenters. The summed E-state index contributed by atoms with van der Waals surface area (Å²) in [5, 5.41) is 0. The molecule has 2 amide bonds. The zero-order valence-electron chi connectivity index (χ0n) is 27.6. The summed E-state index contributed by atoms with van der Waals surface area (Å²) in [5.74, 6) is 0.251. The van der Waals surface area contributed by atoms with Crippen LogP contribution in [0.4, 0.5) is 5.69 Å². The summed E-state index contributed by atoms with van der Waals surface area (Å²) >= 11 is 4.44. The average Bonchev–Trinajstić information content (AvgIpc) is 3.69. The lowest BCUT2D eigenvalue weighted by Crippen LogP contribution is -2.47. The van der Waals surface area contributed by atoms with Crippen molar-refractivity contribution in [1.82, 2.24) is 14.5 Å². The van der Waals surface area contributed by atoms with Gasteiger partial charge in [-0.25, -0.2) is 13.1 Å². The Balaban J connectivity index is 1.23. The van der Waals surface area contributed by atoms with Crippen LogP contribution in [0.5, 0.6) is 11.5 Å². The van der Waals surface area contributed by atoms with Gasteiger partial charge in [0.2, 0.25) is 10.0 Å². The molecule has 0 spiro atoms. The van der Waals surface area contributed by atoms with Crippen molar-refractivity contribution in [2.45, 2.75) is 36.1 Å². The number of piperazine rings is 1. The maximum Gasteiger partial charge on any atom is 0.264 e. The minimum Gasteiger partial charge on any atom is -0.493 e. The molecule has 3 heterocycles. The quantitative estimate of drug-likeness (QED) is 0.121. The van der Waals surface area contributed by atoms with Crippen molar-refractivity contribution >= 4 is 54.8 Å². The number of hydrogen-bond acceptors (Lipinski definition) is 9. The fourth-order valence-electron chi connectivity index (χ4n) is 6.64. The highest BCUT2D eigenvalue weighted by Gasteiger charge is 2.43. The van der Waals surface area contributed by atoms with Crippen LogP contribution in [-0.4, -0.2) is 77.0 Å². The highest BCUT2D eigenvalue weighted by Crippen LogP contribution is 2.41. The number of thiophene rings is 1. The van der Waals surface area contributed by atoms with E-state index in [0.717, 1.165) is 47.0 Å². The molecule has 0 radical (unpaired) electrons. The van der Waals surface area contributed by atoms with Crippen LogP contribution in [0.25, 0.3) is 0 Å². The Kier molecular flexibility index (Phi) is 10.8. The van der Waals surface area contributed by atoms with Gasteiger partial charge in [0.05, 0.1) is 40.9 Å². The summed E-state index contributed by atoms with van der Waals surface area (Å²) in [6, 6.07) is 24.1. The molecule has 13 heteroatoms. The fourth-order valence-corrected chi connectivity index (χ4v) is 9.77. The Hall–Kier alpha value is -3.75. The lowest BCUT2D eigenvalue weighted by molar-refractivity contribution is 0.0572. The lowest BCUT2D eigenvalue weighted by Gasteiger charge is -2.39. The largest absolute Gasteiger partial charge is 0.493 e. The fraction of sp³-hybridized carbons (Fsp3) is 0.333. The minimum atomic E-state index is -3.70.